The van der Waals surface area contributed by atoms with Crippen LogP contribution in [-0.2, 0) is 40.9 Å². The fourth-order valence-corrected chi connectivity index (χ4v) is 3.55. The maximum absolute atomic E-state index is 13.7. The lowest BCUT2D eigenvalue weighted by atomic mass is 10.1. The van der Waals surface area contributed by atoms with Crippen LogP contribution in [0.25, 0.3) is 0 Å². The van der Waals surface area contributed by atoms with Gasteiger partial charge in [0, 0.05) is 38.3 Å². The van der Waals surface area contributed by atoms with E-state index in [0.29, 0.717) is 37.5 Å². The molecular weight excluding hydrogens is 545 g/mol. The Morgan fingerprint density at radius 3 is 2.30 bits per heavy atom. The van der Waals surface area contributed by atoms with Gasteiger partial charge in [0.2, 0.25) is 0 Å². The number of ether oxygens (including phenoxy) is 1. The zero-order valence-corrected chi connectivity index (χ0v) is 22.0. The van der Waals surface area contributed by atoms with Gasteiger partial charge in [-0.1, -0.05) is 31.2 Å². The summed E-state index contributed by atoms with van der Waals surface area (Å²) in [5, 5.41) is 26.3. The standard InChI is InChI=1S/C22H29F2N7O2.C2HF3O2/c1-4-15-8-10-16(11-9-15)13-25-20(17-14-30(3)27-19(17)21(23)24)22-26-28-29-31(22)12-6-7-18(32)33-5-2;3-2(4,5)1(6)7/h8-11,14,20-21,25H,4-7,12-13H2,1-3H3;(H,6,7). The number of halogens is 5. The van der Waals surface area contributed by atoms with Crippen molar-refractivity contribution in [1.29, 1.82) is 0 Å². The number of aryl methyl sites for hydroxylation is 3. The van der Waals surface area contributed by atoms with Crippen LogP contribution in [0.15, 0.2) is 30.5 Å². The number of carbonyl (C=O) groups is 2. The molecule has 0 bridgehead atoms. The molecule has 11 nitrogen and oxygen atoms in total. The normalized spacial score (nSPS) is 12.1. The average Bonchev–Trinajstić information content (AvgIpc) is 3.51. The Hall–Kier alpha value is -3.95. The molecule has 2 aromatic heterocycles. The fourth-order valence-electron chi connectivity index (χ4n) is 3.55. The fraction of sp³-hybridized carbons (Fsp3) is 0.500. The number of hydrogen-bond donors (Lipinski definition) is 2. The van der Waals surface area contributed by atoms with Crippen LogP contribution in [0.2, 0.25) is 0 Å². The third-order valence-electron chi connectivity index (χ3n) is 5.46. The number of carboxylic acid groups (broad SMARTS) is 1. The number of nitrogens with zero attached hydrogens (tertiary/aromatic N) is 6. The van der Waals surface area contributed by atoms with Gasteiger partial charge < -0.3 is 9.84 Å². The molecule has 16 heteroatoms. The third-order valence-corrected chi connectivity index (χ3v) is 5.46. The number of carboxylic acids is 1. The van der Waals surface area contributed by atoms with Crippen LogP contribution in [-0.4, -0.2) is 59.8 Å². The number of alkyl halides is 5. The number of benzene rings is 1. The van der Waals surface area contributed by atoms with Crippen molar-refractivity contribution in [3.63, 3.8) is 0 Å². The topological polar surface area (TPSA) is 137 Å². The maximum Gasteiger partial charge on any atom is 0.490 e. The predicted octanol–water partition coefficient (Wildman–Crippen LogP) is 3.76. The van der Waals surface area contributed by atoms with Crippen LogP contribution in [0, 0.1) is 0 Å². The van der Waals surface area contributed by atoms with Crippen molar-refractivity contribution >= 4 is 11.9 Å². The smallest absolute Gasteiger partial charge is 0.475 e. The van der Waals surface area contributed by atoms with Crippen LogP contribution in [0.4, 0.5) is 22.0 Å². The van der Waals surface area contributed by atoms with Crippen molar-refractivity contribution in [1.82, 2.24) is 35.3 Å². The number of aliphatic carboxylic acids is 1. The van der Waals surface area contributed by atoms with Gasteiger partial charge in [-0.2, -0.15) is 18.3 Å². The quantitative estimate of drug-likeness (QED) is 0.244. The molecule has 1 unspecified atom stereocenters. The lowest BCUT2D eigenvalue weighted by Gasteiger charge is -2.18. The highest BCUT2D eigenvalue weighted by Gasteiger charge is 2.38. The largest absolute Gasteiger partial charge is 0.490 e. The summed E-state index contributed by atoms with van der Waals surface area (Å²) >= 11 is 0. The van der Waals surface area contributed by atoms with Crippen LogP contribution < -0.4 is 5.32 Å². The minimum Gasteiger partial charge on any atom is -0.475 e. The average molecular weight is 576 g/mol. The van der Waals surface area contributed by atoms with E-state index in [-0.39, 0.29) is 18.1 Å². The number of carbonyl (C=O) groups excluding carboxylic acids is 1. The summed E-state index contributed by atoms with van der Waals surface area (Å²) in [7, 11) is 1.60. The van der Waals surface area contributed by atoms with E-state index in [0.717, 1.165) is 12.0 Å². The summed E-state index contributed by atoms with van der Waals surface area (Å²) in [4.78, 5) is 20.5. The van der Waals surface area contributed by atoms with E-state index < -0.39 is 24.6 Å². The lowest BCUT2D eigenvalue weighted by Crippen LogP contribution is -2.26. The molecule has 0 radical (unpaired) electrons. The Morgan fingerprint density at radius 1 is 1.12 bits per heavy atom. The first-order valence-corrected chi connectivity index (χ1v) is 12.2. The highest BCUT2D eigenvalue weighted by atomic mass is 19.4. The number of nitrogens with one attached hydrogen (secondary N) is 1. The number of tetrazole rings is 1. The van der Waals surface area contributed by atoms with Crippen LogP contribution in [0.1, 0.15) is 67.4 Å². The van der Waals surface area contributed by atoms with E-state index in [1.165, 1.54) is 14.9 Å². The molecule has 2 heterocycles. The summed E-state index contributed by atoms with van der Waals surface area (Å²) in [6.07, 6.45) is -4.68. The summed E-state index contributed by atoms with van der Waals surface area (Å²) in [6, 6.07) is 7.37. The molecule has 0 saturated carbocycles. The van der Waals surface area contributed by atoms with Gasteiger partial charge in [-0.05, 0) is 41.3 Å². The van der Waals surface area contributed by atoms with Gasteiger partial charge >= 0.3 is 18.1 Å². The minimum atomic E-state index is -5.08. The van der Waals surface area contributed by atoms with Gasteiger partial charge in [-0.15, -0.1) is 5.10 Å². The lowest BCUT2D eigenvalue weighted by molar-refractivity contribution is -0.192. The van der Waals surface area contributed by atoms with E-state index >= 15 is 0 Å². The van der Waals surface area contributed by atoms with Gasteiger partial charge in [0.25, 0.3) is 6.43 Å². The Morgan fingerprint density at radius 2 is 1.75 bits per heavy atom. The van der Waals surface area contributed by atoms with Gasteiger partial charge in [-0.25, -0.2) is 18.3 Å². The summed E-state index contributed by atoms with van der Waals surface area (Å²) in [6.45, 7) is 4.91. The summed E-state index contributed by atoms with van der Waals surface area (Å²) in [5.74, 6) is -2.68. The molecule has 40 heavy (non-hydrogen) atoms. The second-order valence-electron chi connectivity index (χ2n) is 8.40. The maximum atomic E-state index is 13.7. The monoisotopic (exact) mass is 575 g/mol. The Balaban J connectivity index is 0.000000708. The third kappa shape index (κ3) is 9.66. The molecule has 0 saturated heterocycles. The van der Waals surface area contributed by atoms with Crippen LogP contribution in [0.5, 0.6) is 0 Å². The second kappa shape index (κ2) is 15.0. The van der Waals surface area contributed by atoms with E-state index in [4.69, 9.17) is 14.6 Å². The van der Waals surface area contributed by atoms with Gasteiger partial charge in [0.15, 0.2) is 5.82 Å². The molecule has 3 aromatic rings. The van der Waals surface area contributed by atoms with E-state index in [1.54, 1.807) is 20.2 Å². The van der Waals surface area contributed by atoms with Gasteiger partial charge in [0.05, 0.1) is 12.6 Å². The van der Waals surface area contributed by atoms with Crippen molar-refractivity contribution in [2.75, 3.05) is 6.61 Å². The number of hydrogen-bond acceptors (Lipinski definition) is 8. The molecule has 1 aromatic carbocycles. The minimum absolute atomic E-state index is 0.212. The second-order valence-corrected chi connectivity index (χ2v) is 8.40. The number of rotatable bonds is 12. The highest BCUT2D eigenvalue weighted by Crippen LogP contribution is 2.29. The van der Waals surface area contributed by atoms with Crippen molar-refractivity contribution in [2.24, 2.45) is 7.05 Å². The molecule has 3 rings (SSSR count). The van der Waals surface area contributed by atoms with Crippen molar-refractivity contribution in [2.45, 2.75) is 64.8 Å². The summed E-state index contributed by atoms with van der Waals surface area (Å²) < 4.78 is 67.1. The molecule has 0 amide bonds. The SMILES string of the molecule is CCOC(=O)CCCn1nnnc1C(NCc1ccc(CC)cc1)c1cn(C)nc1C(F)F.O=C(O)C(F)(F)F. The van der Waals surface area contributed by atoms with E-state index in [1.807, 2.05) is 24.3 Å². The Kier molecular flexibility index (Phi) is 12.1. The zero-order chi connectivity index (χ0) is 29.9. The first-order valence-electron chi connectivity index (χ1n) is 12.2. The Bertz CT molecular complexity index is 1230. The van der Waals surface area contributed by atoms with Crippen LogP contribution >= 0.6 is 0 Å². The van der Waals surface area contributed by atoms with E-state index in [2.05, 4.69) is 32.9 Å². The molecule has 1 atom stereocenters. The Labute approximate surface area is 226 Å². The van der Waals surface area contributed by atoms with Gasteiger partial charge in [-0.3, -0.25) is 14.8 Å². The molecule has 220 valence electrons. The first-order chi connectivity index (χ1) is 18.9. The molecule has 0 aliphatic heterocycles. The number of aromatic nitrogens is 6. The highest BCUT2D eigenvalue weighted by molar-refractivity contribution is 5.73. The molecule has 0 fully saturated rings. The van der Waals surface area contributed by atoms with Crippen molar-refractivity contribution in [3.8, 4) is 0 Å². The number of esters is 1. The molecular formula is C24H30F5N7O4. The van der Waals surface area contributed by atoms with E-state index in [9.17, 15) is 26.7 Å². The van der Waals surface area contributed by atoms with Gasteiger partial charge in [0.1, 0.15) is 5.69 Å². The summed E-state index contributed by atoms with van der Waals surface area (Å²) in [5.41, 5.74) is 2.20. The zero-order valence-electron chi connectivity index (χ0n) is 22.0. The molecule has 0 aliphatic rings. The van der Waals surface area contributed by atoms with Crippen molar-refractivity contribution < 1.29 is 41.4 Å². The van der Waals surface area contributed by atoms with Crippen molar-refractivity contribution in [3.05, 3.63) is 58.7 Å². The molecule has 0 spiro atoms. The predicted molar refractivity (Wildman–Crippen MR) is 130 cm³/mol. The first kappa shape index (κ1) is 32.3. The van der Waals surface area contributed by atoms with Crippen LogP contribution in [0.3, 0.4) is 0 Å². The molecule has 2 N–H and O–H groups in total. The molecule has 0 aliphatic carbocycles.